The summed E-state index contributed by atoms with van der Waals surface area (Å²) in [7, 11) is 3.63. The smallest absolute Gasteiger partial charge is 0.168 e. The molecule has 1 aromatic heterocycles. The number of nitrogens with zero attached hydrogens (tertiary/aromatic N) is 2. The van der Waals surface area contributed by atoms with Crippen LogP contribution in [0.3, 0.4) is 0 Å². The zero-order valence-corrected chi connectivity index (χ0v) is 13.4. The predicted octanol–water partition coefficient (Wildman–Crippen LogP) is 3.41. The van der Waals surface area contributed by atoms with Crippen LogP contribution in [0.4, 0.5) is 0 Å². The van der Waals surface area contributed by atoms with Crippen LogP contribution < -0.4 is 4.74 Å². The molecule has 0 radical (unpaired) electrons. The van der Waals surface area contributed by atoms with Crippen LogP contribution in [-0.4, -0.2) is 27.5 Å². The van der Waals surface area contributed by atoms with E-state index < -0.39 is 6.10 Å². The Morgan fingerprint density at radius 3 is 2.73 bits per heavy atom. The molecule has 1 N–H and O–H groups in total. The Morgan fingerprint density at radius 2 is 2.00 bits per heavy atom. The number of rotatable bonds is 5. The van der Waals surface area contributed by atoms with Crippen molar-refractivity contribution >= 4 is 22.8 Å². The summed E-state index contributed by atoms with van der Waals surface area (Å²) in [4.78, 5) is 4.62. The highest BCUT2D eigenvalue weighted by Crippen LogP contribution is 2.28. The Balaban J connectivity index is 1.78. The Bertz CT molecular complexity index is 771. The molecule has 114 valence electrons. The average molecular weight is 314 g/mol. The monoisotopic (exact) mass is 314 g/mol. The molecule has 2 aromatic carbocycles. The fraction of sp³-hybridized carbons (Fsp3) is 0.235. The van der Waals surface area contributed by atoms with Gasteiger partial charge in [0.1, 0.15) is 5.75 Å². The molecule has 3 rings (SSSR count). The van der Waals surface area contributed by atoms with E-state index in [4.69, 9.17) is 4.74 Å². The van der Waals surface area contributed by atoms with Gasteiger partial charge in [-0.2, -0.15) is 0 Å². The fourth-order valence-corrected chi connectivity index (χ4v) is 3.29. The fourth-order valence-electron chi connectivity index (χ4n) is 2.34. The van der Waals surface area contributed by atoms with Gasteiger partial charge in [0.25, 0.3) is 0 Å². The second-order valence-electron chi connectivity index (χ2n) is 5.05. The third-order valence-corrected chi connectivity index (χ3v) is 4.71. The van der Waals surface area contributed by atoms with Gasteiger partial charge in [-0.05, 0) is 17.7 Å². The zero-order chi connectivity index (χ0) is 15.5. The van der Waals surface area contributed by atoms with Gasteiger partial charge in [-0.25, -0.2) is 4.98 Å². The molecule has 1 heterocycles. The molecule has 3 aromatic rings. The zero-order valence-electron chi connectivity index (χ0n) is 12.6. The molecule has 22 heavy (non-hydrogen) atoms. The van der Waals surface area contributed by atoms with Gasteiger partial charge in [-0.15, -0.1) is 0 Å². The highest BCUT2D eigenvalue weighted by atomic mass is 32.2. The Hall–Kier alpha value is -1.98. The minimum atomic E-state index is -0.499. The summed E-state index contributed by atoms with van der Waals surface area (Å²) in [6, 6.07) is 15.5. The first-order valence-corrected chi connectivity index (χ1v) is 8.04. The van der Waals surface area contributed by atoms with Gasteiger partial charge in [0.05, 0.1) is 24.2 Å². The van der Waals surface area contributed by atoms with Gasteiger partial charge < -0.3 is 14.4 Å². The molecule has 5 heteroatoms. The van der Waals surface area contributed by atoms with Crippen molar-refractivity contribution in [2.75, 3.05) is 12.9 Å². The van der Waals surface area contributed by atoms with E-state index in [1.807, 2.05) is 60.1 Å². The van der Waals surface area contributed by atoms with E-state index in [0.29, 0.717) is 5.75 Å². The highest BCUT2D eigenvalue weighted by molar-refractivity contribution is 7.99. The van der Waals surface area contributed by atoms with Gasteiger partial charge >= 0.3 is 0 Å². The van der Waals surface area contributed by atoms with Crippen LogP contribution in [0.25, 0.3) is 11.0 Å². The number of aliphatic hydroxyl groups excluding tert-OH is 1. The third-order valence-electron chi connectivity index (χ3n) is 3.60. The first-order valence-electron chi connectivity index (χ1n) is 7.05. The van der Waals surface area contributed by atoms with E-state index in [9.17, 15) is 5.11 Å². The summed E-state index contributed by atoms with van der Waals surface area (Å²) < 4.78 is 7.27. The molecule has 0 bridgehead atoms. The maximum absolute atomic E-state index is 10.3. The molecular formula is C17H18N2O2S. The van der Waals surface area contributed by atoms with Crippen molar-refractivity contribution in [3.05, 3.63) is 54.1 Å². The second kappa shape index (κ2) is 6.42. The molecule has 0 aliphatic rings. The lowest BCUT2D eigenvalue weighted by molar-refractivity contribution is 0.204. The number of thioether (sulfide) groups is 1. The summed E-state index contributed by atoms with van der Waals surface area (Å²) >= 11 is 1.55. The number of imidazole rings is 1. The van der Waals surface area contributed by atoms with Crippen molar-refractivity contribution in [3.63, 3.8) is 0 Å². The van der Waals surface area contributed by atoms with Gasteiger partial charge in [0.15, 0.2) is 5.16 Å². The van der Waals surface area contributed by atoms with Crippen LogP contribution in [0.2, 0.25) is 0 Å². The molecule has 0 spiro atoms. The summed E-state index contributed by atoms with van der Waals surface area (Å²) in [6.07, 6.45) is -0.499. The summed E-state index contributed by atoms with van der Waals surface area (Å²) in [5.41, 5.74) is 2.88. The minimum Gasteiger partial charge on any atom is -0.497 e. The molecule has 0 aliphatic heterocycles. The van der Waals surface area contributed by atoms with Crippen molar-refractivity contribution in [2.24, 2.45) is 7.05 Å². The average Bonchev–Trinajstić information content (AvgIpc) is 2.89. The number of ether oxygens (including phenoxy) is 1. The quantitative estimate of drug-likeness (QED) is 0.733. The molecule has 0 amide bonds. The number of aliphatic hydroxyl groups is 1. The molecule has 0 saturated carbocycles. The standard InChI is InChI=1S/C17H18N2O2S/c1-19-15-9-8-13(21-2)10-14(15)18-17(19)22-11-16(20)12-6-4-3-5-7-12/h3-10,16,20H,11H2,1-2H3/t16-/m0/s1. The number of methoxy groups -OCH3 is 1. The third kappa shape index (κ3) is 2.96. The molecule has 1 atom stereocenters. The SMILES string of the molecule is COc1ccc2c(c1)nc(SC[C@H](O)c1ccccc1)n2C. The number of aromatic nitrogens is 2. The van der Waals surface area contributed by atoms with E-state index >= 15 is 0 Å². The summed E-state index contributed by atoms with van der Waals surface area (Å²) in [6.45, 7) is 0. The minimum absolute atomic E-state index is 0.499. The van der Waals surface area contributed by atoms with Crippen LogP contribution in [0.15, 0.2) is 53.7 Å². The Labute approximate surface area is 133 Å². The number of hydrogen-bond donors (Lipinski definition) is 1. The Kier molecular flexibility index (Phi) is 4.36. The number of fused-ring (bicyclic) bond motifs is 1. The van der Waals surface area contributed by atoms with Crippen molar-refractivity contribution in [1.82, 2.24) is 9.55 Å². The van der Waals surface area contributed by atoms with Crippen molar-refractivity contribution < 1.29 is 9.84 Å². The Morgan fingerprint density at radius 1 is 1.23 bits per heavy atom. The van der Waals surface area contributed by atoms with Gasteiger partial charge in [0, 0.05) is 18.9 Å². The van der Waals surface area contributed by atoms with Gasteiger partial charge in [-0.3, -0.25) is 0 Å². The van der Waals surface area contributed by atoms with Crippen LogP contribution in [0.5, 0.6) is 5.75 Å². The van der Waals surface area contributed by atoms with Crippen LogP contribution in [-0.2, 0) is 7.05 Å². The maximum Gasteiger partial charge on any atom is 0.168 e. The predicted molar refractivity (Wildman–Crippen MR) is 89.4 cm³/mol. The second-order valence-corrected chi connectivity index (χ2v) is 6.03. The van der Waals surface area contributed by atoms with Gasteiger partial charge in [-0.1, -0.05) is 42.1 Å². The molecule has 4 nitrogen and oxygen atoms in total. The molecule has 0 fully saturated rings. The van der Waals surface area contributed by atoms with E-state index in [1.54, 1.807) is 18.9 Å². The van der Waals surface area contributed by atoms with E-state index in [0.717, 1.165) is 27.5 Å². The molecule has 0 saturated heterocycles. The summed E-state index contributed by atoms with van der Waals surface area (Å²) in [5.74, 6) is 1.37. The van der Waals surface area contributed by atoms with E-state index in [2.05, 4.69) is 4.98 Å². The topological polar surface area (TPSA) is 47.3 Å². The normalized spacial score (nSPS) is 12.5. The largest absolute Gasteiger partial charge is 0.497 e. The van der Waals surface area contributed by atoms with Gasteiger partial charge in [0.2, 0.25) is 0 Å². The molecule has 0 aliphatic carbocycles. The van der Waals surface area contributed by atoms with E-state index in [1.165, 1.54) is 0 Å². The lowest BCUT2D eigenvalue weighted by Crippen LogP contribution is -2.01. The maximum atomic E-state index is 10.3. The molecular weight excluding hydrogens is 296 g/mol. The van der Waals surface area contributed by atoms with Crippen LogP contribution in [0, 0.1) is 0 Å². The lowest BCUT2D eigenvalue weighted by Gasteiger charge is -2.10. The lowest BCUT2D eigenvalue weighted by atomic mass is 10.1. The summed E-state index contributed by atoms with van der Waals surface area (Å²) in [5, 5.41) is 11.1. The number of aryl methyl sites for hydroxylation is 1. The van der Waals surface area contributed by atoms with E-state index in [-0.39, 0.29) is 0 Å². The van der Waals surface area contributed by atoms with Crippen molar-refractivity contribution in [3.8, 4) is 5.75 Å². The number of hydrogen-bond acceptors (Lipinski definition) is 4. The van der Waals surface area contributed by atoms with Crippen LogP contribution in [0.1, 0.15) is 11.7 Å². The highest BCUT2D eigenvalue weighted by Gasteiger charge is 2.13. The first kappa shape index (κ1) is 14.9. The molecule has 0 unspecified atom stereocenters. The number of benzene rings is 2. The first-order chi connectivity index (χ1) is 10.7. The van der Waals surface area contributed by atoms with Crippen LogP contribution >= 0.6 is 11.8 Å². The van der Waals surface area contributed by atoms with Crippen molar-refractivity contribution in [2.45, 2.75) is 11.3 Å². The van der Waals surface area contributed by atoms with Crippen molar-refractivity contribution in [1.29, 1.82) is 0 Å².